The second-order valence-electron chi connectivity index (χ2n) is 6.06. The third kappa shape index (κ3) is 4.10. The van der Waals surface area contributed by atoms with Crippen LogP contribution in [0.5, 0.6) is 0 Å². The molecule has 122 valence electrons. The quantitative estimate of drug-likeness (QED) is 0.892. The molecular weight excluding hydrogens is 282 g/mol. The van der Waals surface area contributed by atoms with E-state index in [2.05, 4.69) is 5.32 Å². The van der Waals surface area contributed by atoms with Crippen molar-refractivity contribution < 1.29 is 9.90 Å². The molecule has 0 saturated heterocycles. The molecule has 2 rings (SSSR count). The van der Waals surface area contributed by atoms with Gasteiger partial charge in [-0.2, -0.15) is 0 Å². The monoisotopic (exact) mass is 307 g/mol. The number of aliphatic hydroxyl groups excluding tert-OH is 1. The Kier molecular flexibility index (Phi) is 5.60. The van der Waals surface area contributed by atoms with Crippen molar-refractivity contribution in [1.82, 2.24) is 9.47 Å². The number of pyridine rings is 1. The molecule has 1 saturated carbocycles. The molecular formula is C16H25N3O3. The fourth-order valence-corrected chi connectivity index (χ4v) is 2.95. The molecule has 6 heteroatoms. The summed E-state index contributed by atoms with van der Waals surface area (Å²) in [6, 6.07) is 3.14. The first kappa shape index (κ1) is 16.5. The van der Waals surface area contributed by atoms with Crippen molar-refractivity contribution in [3.63, 3.8) is 0 Å². The van der Waals surface area contributed by atoms with Crippen LogP contribution in [0.4, 0.5) is 10.5 Å². The van der Waals surface area contributed by atoms with Gasteiger partial charge in [-0.15, -0.1) is 0 Å². The molecule has 0 aromatic carbocycles. The van der Waals surface area contributed by atoms with Crippen LogP contribution in [-0.2, 0) is 7.05 Å². The van der Waals surface area contributed by atoms with E-state index in [1.54, 1.807) is 37.2 Å². The van der Waals surface area contributed by atoms with Gasteiger partial charge in [-0.1, -0.05) is 19.3 Å². The molecule has 1 aromatic heterocycles. The standard InChI is InChI=1S/C16H25N3O3/c1-12(20)11-19(13-7-4-3-5-8-13)16(22)17-14-9-6-10-18(2)15(14)21/h6,9-10,12-13,20H,3-5,7-8,11H2,1-2H3,(H,17,22). The third-order valence-corrected chi connectivity index (χ3v) is 4.10. The molecule has 22 heavy (non-hydrogen) atoms. The van der Waals surface area contributed by atoms with Gasteiger partial charge in [-0.3, -0.25) is 4.79 Å². The SMILES string of the molecule is CC(O)CN(C(=O)Nc1cccn(C)c1=O)C1CCCCC1. The molecule has 0 spiro atoms. The second kappa shape index (κ2) is 7.45. The Morgan fingerprint density at radius 1 is 1.45 bits per heavy atom. The number of hydrogen-bond acceptors (Lipinski definition) is 3. The van der Waals surface area contributed by atoms with Crippen LogP contribution in [0.1, 0.15) is 39.0 Å². The zero-order chi connectivity index (χ0) is 16.1. The molecule has 6 nitrogen and oxygen atoms in total. The Balaban J connectivity index is 2.14. The minimum Gasteiger partial charge on any atom is -0.392 e. The summed E-state index contributed by atoms with van der Waals surface area (Å²) in [5.74, 6) is 0. The lowest BCUT2D eigenvalue weighted by molar-refractivity contribution is 0.105. The molecule has 1 aliphatic rings. The minimum atomic E-state index is -0.591. The Morgan fingerprint density at radius 2 is 2.14 bits per heavy atom. The summed E-state index contributed by atoms with van der Waals surface area (Å²) >= 11 is 0. The third-order valence-electron chi connectivity index (χ3n) is 4.10. The normalized spacial score (nSPS) is 17.0. The van der Waals surface area contributed by atoms with E-state index in [1.807, 2.05) is 0 Å². The van der Waals surface area contributed by atoms with Gasteiger partial charge in [0.25, 0.3) is 5.56 Å². The van der Waals surface area contributed by atoms with Gasteiger partial charge in [0.05, 0.1) is 6.10 Å². The van der Waals surface area contributed by atoms with Crippen molar-refractivity contribution >= 4 is 11.7 Å². The Bertz CT molecular complexity index is 562. The highest BCUT2D eigenvalue weighted by molar-refractivity contribution is 5.89. The van der Waals surface area contributed by atoms with Crippen LogP contribution in [0.15, 0.2) is 23.1 Å². The summed E-state index contributed by atoms with van der Waals surface area (Å²) in [4.78, 5) is 26.2. The lowest BCUT2D eigenvalue weighted by atomic mass is 9.94. The van der Waals surface area contributed by atoms with E-state index in [0.717, 1.165) is 25.7 Å². The minimum absolute atomic E-state index is 0.135. The van der Waals surface area contributed by atoms with Crippen LogP contribution >= 0.6 is 0 Å². The fourth-order valence-electron chi connectivity index (χ4n) is 2.95. The average molecular weight is 307 g/mol. The number of nitrogens with zero attached hydrogens (tertiary/aromatic N) is 2. The molecule has 1 unspecified atom stereocenters. The van der Waals surface area contributed by atoms with Crippen LogP contribution < -0.4 is 10.9 Å². The van der Waals surface area contributed by atoms with Crippen LogP contribution in [0.2, 0.25) is 0 Å². The maximum Gasteiger partial charge on any atom is 0.322 e. The number of amides is 2. The van der Waals surface area contributed by atoms with Gasteiger partial charge in [0, 0.05) is 25.8 Å². The average Bonchev–Trinajstić information content (AvgIpc) is 2.50. The predicted molar refractivity (Wildman–Crippen MR) is 86.0 cm³/mol. The maximum absolute atomic E-state index is 12.6. The van der Waals surface area contributed by atoms with Gasteiger partial charge in [0.1, 0.15) is 5.69 Å². The summed E-state index contributed by atoms with van der Waals surface area (Å²) in [5.41, 5.74) is 0.0258. The molecule has 0 bridgehead atoms. The molecule has 1 fully saturated rings. The number of aromatic nitrogens is 1. The first-order valence-electron chi connectivity index (χ1n) is 7.90. The molecule has 1 aliphatic carbocycles. The molecule has 2 N–H and O–H groups in total. The number of aryl methyl sites for hydroxylation is 1. The Hall–Kier alpha value is -1.82. The number of rotatable bonds is 4. The molecule has 1 heterocycles. The fraction of sp³-hybridized carbons (Fsp3) is 0.625. The van der Waals surface area contributed by atoms with Crippen molar-refractivity contribution in [1.29, 1.82) is 0 Å². The van der Waals surface area contributed by atoms with Crippen molar-refractivity contribution in [3.05, 3.63) is 28.7 Å². The van der Waals surface area contributed by atoms with Crippen molar-refractivity contribution in [2.75, 3.05) is 11.9 Å². The van der Waals surface area contributed by atoms with Gasteiger partial charge in [0.15, 0.2) is 0 Å². The van der Waals surface area contributed by atoms with Gasteiger partial charge in [0.2, 0.25) is 0 Å². The maximum atomic E-state index is 12.6. The van der Waals surface area contributed by atoms with Gasteiger partial charge in [-0.05, 0) is 31.9 Å². The van der Waals surface area contributed by atoms with Gasteiger partial charge >= 0.3 is 6.03 Å². The van der Waals surface area contributed by atoms with E-state index in [-0.39, 0.29) is 29.9 Å². The first-order chi connectivity index (χ1) is 10.5. The lowest BCUT2D eigenvalue weighted by Crippen LogP contribution is -2.47. The number of urea groups is 1. The predicted octanol–water partition coefficient (Wildman–Crippen LogP) is 1.93. The Labute approximate surface area is 130 Å². The molecule has 0 radical (unpaired) electrons. The topological polar surface area (TPSA) is 74.6 Å². The number of nitrogens with one attached hydrogen (secondary N) is 1. The second-order valence-corrected chi connectivity index (χ2v) is 6.06. The van der Waals surface area contributed by atoms with E-state index < -0.39 is 6.10 Å². The number of aliphatic hydroxyl groups is 1. The number of carbonyl (C=O) groups excluding carboxylic acids is 1. The van der Waals surface area contributed by atoms with Crippen molar-refractivity contribution in [2.24, 2.45) is 7.05 Å². The molecule has 1 atom stereocenters. The number of anilines is 1. The zero-order valence-electron chi connectivity index (χ0n) is 13.3. The van der Waals surface area contributed by atoms with Gasteiger partial charge < -0.3 is 19.9 Å². The zero-order valence-corrected chi connectivity index (χ0v) is 13.3. The van der Waals surface area contributed by atoms with E-state index in [0.29, 0.717) is 0 Å². The number of carbonyl (C=O) groups is 1. The summed E-state index contributed by atoms with van der Waals surface area (Å²) < 4.78 is 1.43. The van der Waals surface area contributed by atoms with Crippen molar-refractivity contribution in [3.8, 4) is 0 Å². The summed E-state index contributed by atoms with van der Waals surface area (Å²) in [5, 5.41) is 12.4. The molecule has 0 aliphatic heterocycles. The molecule has 2 amide bonds. The lowest BCUT2D eigenvalue weighted by Gasteiger charge is -2.35. The van der Waals surface area contributed by atoms with E-state index in [4.69, 9.17) is 0 Å². The summed E-state index contributed by atoms with van der Waals surface area (Å²) in [7, 11) is 1.65. The van der Waals surface area contributed by atoms with Crippen molar-refractivity contribution in [2.45, 2.75) is 51.2 Å². The van der Waals surface area contributed by atoms with Crippen LogP contribution in [0.3, 0.4) is 0 Å². The Morgan fingerprint density at radius 3 is 2.77 bits per heavy atom. The highest BCUT2D eigenvalue weighted by Crippen LogP contribution is 2.23. The van der Waals surface area contributed by atoms with Crippen LogP contribution in [0.25, 0.3) is 0 Å². The highest BCUT2D eigenvalue weighted by atomic mass is 16.3. The number of hydrogen-bond donors (Lipinski definition) is 2. The van der Waals surface area contributed by atoms with Crippen LogP contribution in [0, 0.1) is 0 Å². The van der Waals surface area contributed by atoms with Crippen LogP contribution in [-0.4, -0.2) is 39.3 Å². The van der Waals surface area contributed by atoms with E-state index in [9.17, 15) is 14.7 Å². The highest BCUT2D eigenvalue weighted by Gasteiger charge is 2.26. The van der Waals surface area contributed by atoms with E-state index in [1.165, 1.54) is 11.0 Å². The largest absolute Gasteiger partial charge is 0.392 e. The molecule has 1 aromatic rings. The summed E-state index contributed by atoms with van der Waals surface area (Å²) in [6.45, 7) is 1.95. The van der Waals surface area contributed by atoms with Gasteiger partial charge in [-0.25, -0.2) is 4.79 Å². The smallest absolute Gasteiger partial charge is 0.322 e. The van der Waals surface area contributed by atoms with E-state index >= 15 is 0 Å². The first-order valence-corrected chi connectivity index (χ1v) is 7.90. The summed E-state index contributed by atoms with van der Waals surface area (Å²) in [6.07, 6.45) is 6.35.